The minimum atomic E-state index is -5.07. The zero-order valence-corrected chi connectivity index (χ0v) is 20.1. The molecule has 0 atom stereocenters. The minimum absolute atomic E-state index is 0.0209. The number of alkyl halides is 5. The number of benzene rings is 1. The van der Waals surface area contributed by atoms with Gasteiger partial charge in [-0.25, -0.2) is 4.98 Å². The van der Waals surface area contributed by atoms with Crippen LogP contribution in [0.15, 0.2) is 35.4 Å². The van der Waals surface area contributed by atoms with E-state index in [1.165, 1.54) is 13.2 Å². The number of nitriles is 1. The monoisotopic (exact) mass is 531 g/mol. The lowest BCUT2D eigenvalue weighted by Gasteiger charge is -2.16. The topological polar surface area (TPSA) is 103 Å². The number of nitrogens with zero attached hydrogens (tertiary/aromatic N) is 5. The van der Waals surface area contributed by atoms with E-state index in [4.69, 9.17) is 26.3 Å². The molecule has 0 spiro atoms. The average Bonchev–Trinajstić information content (AvgIpc) is 2.81. The van der Waals surface area contributed by atoms with Crippen molar-refractivity contribution in [3.05, 3.63) is 68.5 Å². The summed E-state index contributed by atoms with van der Waals surface area (Å²) in [5, 5.41) is 15.9. The number of ether oxygens (including phenoxy) is 2. The Labute approximate surface area is 206 Å². The van der Waals surface area contributed by atoms with Crippen LogP contribution in [-0.2, 0) is 18.6 Å². The second kappa shape index (κ2) is 11.3. The van der Waals surface area contributed by atoms with E-state index in [0.29, 0.717) is 17.8 Å². The first kappa shape index (κ1) is 28.4. The maximum Gasteiger partial charge on any atom is 0.437 e. The van der Waals surface area contributed by atoms with Gasteiger partial charge in [-0.2, -0.15) is 27.2 Å². The summed E-state index contributed by atoms with van der Waals surface area (Å²) in [6.45, 7) is 4.03. The predicted octanol–water partition coefficient (Wildman–Crippen LogP) is 5.56. The van der Waals surface area contributed by atoms with Gasteiger partial charge >= 0.3 is 6.18 Å². The molecule has 0 aliphatic heterocycles. The molecule has 0 saturated heterocycles. The Kier molecular flexibility index (Phi) is 8.93. The highest BCUT2D eigenvalue weighted by Crippen LogP contribution is 2.35. The molecule has 0 fully saturated rings. The average molecular weight is 532 g/mol. The fourth-order valence-corrected chi connectivity index (χ4v) is 3.01. The lowest BCUT2D eigenvalue weighted by Crippen LogP contribution is -2.27. The number of hydrogen-bond acceptors (Lipinski definition) is 7. The molecule has 2 aromatic heterocycles. The van der Waals surface area contributed by atoms with Crippen molar-refractivity contribution in [2.45, 2.75) is 39.4 Å². The summed E-state index contributed by atoms with van der Waals surface area (Å²) in [7, 11) is 1.17. The van der Waals surface area contributed by atoms with Gasteiger partial charge in [0, 0.05) is 17.5 Å². The molecule has 0 unspecified atom stereocenters. The van der Waals surface area contributed by atoms with E-state index < -0.39 is 41.3 Å². The van der Waals surface area contributed by atoms with Crippen molar-refractivity contribution in [3.63, 3.8) is 0 Å². The molecular formula is C22H19ClF5N5O3. The molecule has 0 saturated carbocycles. The second-order valence-electron chi connectivity index (χ2n) is 6.90. The van der Waals surface area contributed by atoms with Gasteiger partial charge in [-0.05, 0) is 24.3 Å². The van der Waals surface area contributed by atoms with Crippen LogP contribution in [0.1, 0.15) is 43.3 Å². The molecule has 36 heavy (non-hydrogen) atoms. The summed E-state index contributed by atoms with van der Waals surface area (Å²) >= 11 is 5.85. The number of rotatable bonds is 6. The SMILES string of the molecule is CC.COc1nnc(C(C)(F)F)cc1Cn1cnc(C(F)(F)F)c(Oc2cc(Cl)cc(C#N)c2)c1=O. The summed E-state index contributed by atoms with van der Waals surface area (Å²) in [5.41, 5.74) is -3.76. The highest BCUT2D eigenvalue weighted by molar-refractivity contribution is 6.30. The molecule has 0 radical (unpaired) electrons. The van der Waals surface area contributed by atoms with Gasteiger partial charge in [0.05, 0.1) is 31.6 Å². The van der Waals surface area contributed by atoms with Crippen molar-refractivity contribution >= 4 is 11.6 Å². The third kappa shape index (κ3) is 6.66. The molecule has 2 heterocycles. The van der Waals surface area contributed by atoms with Crippen LogP contribution in [0, 0.1) is 11.3 Å². The fourth-order valence-electron chi connectivity index (χ4n) is 2.78. The van der Waals surface area contributed by atoms with E-state index in [-0.39, 0.29) is 27.8 Å². The van der Waals surface area contributed by atoms with Gasteiger partial charge in [0.1, 0.15) is 11.4 Å². The minimum Gasteiger partial charge on any atom is -0.480 e. The van der Waals surface area contributed by atoms with Crippen molar-refractivity contribution in [1.29, 1.82) is 5.26 Å². The van der Waals surface area contributed by atoms with Crippen molar-refractivity contribution < 1.29 is 31.4 Å². The third-order valence-corrected chi connectivity index (χ3v) is 4.52. The van der Waals surface area contributed by atoms with Crippen LogP contribution < -0.4 is 15.0 Å². The van der Waals surface area contributed by atoms with Gasteiger partial charge in [0.2, 0.25) is 11.6 Å². The smallest absolute Gasteiger partial charge is 0.437 e. The summed E-state index contributed by atoms with van der Waals surface area (Å²) in [6.07, 6.45) is -4.49. The third-order valence-electron chi connectivity index (χ3n) is 4.30. The molecule has 0 aliphatic carbocycles. The molecule has 0 bridgehead atoms. The van der Waals surface area contributed by atoms with Gasteiger partial charge in [-0.15, -0.1) is 10.2 Å². The molecule has 1 aromatic carbocycles. The first-order valence-electron chi connectivity index (χ1n) is 10.2. The van der Waals surface area contributed by atoms with Crippen molar-refractivity contribution in [3.8, 4) is 23.4 Å². The Balaban J connectivity index is 0.00000222. The number of hydrogen-bond donors (Lipinski definition) is 0. The molecule has 0 aliphatic rings. The molecule has 192 valence electrons. The van der Waals surface area contributed by atoms with E-state index in [2.05, 4.69) is 15.2 Å². The van der Waals surface area contributed by atoms with Crippen LogP contribution >= 0.6 is 11.6 Å². The summed E-state index contributed by atoms with van der Waals surface area (Å²) in [4.78, 5) is 16.2. The summed E-state index contributed by atoms with van der Waals surface area (Å²) in [5.74, 6) is -5.13. The van der Waals surface area contributed by atoms with E-state index in [9.17, 15) is 26.7 Å². The van der Waals surface area contributed by atoms with Crippen molar-refractivity contribution in [2.75, 3.05) is 7.11 Å². The Morgan fingerprint density at radius 3 is 2.33 bits per heavy atom. The van der Waals surface area contributed by atoms with Gasteiger partial charge in [-0.1, -0.05) is 25.4 Å². The standard InChI is InChI=1S/C20H13ClF5N5O3.C2H6/c1-19(22,23)14-5-11(17(33-2)30-29-14)8-31-9-28-16(20(24,25)26)15(18(31)32)34-13-4-10(7-27)3-12(21)6-13;1-2/h3-6,9H,8H2,1-2H3;1-2H3. The number of halogens is 6. The van der Waals surface area contributed by atoms with Gasteiger partial charge < -0.3 is 9.47 Å². The largest absolute Gasteiger partial charge is 0.480 e. The van der Waals surface area contributed by atoms with Crippen LogP contribution in [0.2, 0.25) is 5.02 Å². The lowest BCUT2D eigenvalue weighted by atomic mass is 10.2. The van der Waals surface area contributed by atoms with Gasteiger partial charge in [0.25, 0.3) is 11.5 Å². The second-order valence-corrected chi connectivity index (χ2v) is 7.33. The normalized spacial score (nSPS) is 11.2. The lowest BCUT2D eigenvalue weighted by molar-refractivity contribution is -0.142. The molecule has 3 rings (SSSR count). The Bertz CT molecular complexity index is 1330. The van der Waals surface area contributed by atoms with Crippen LogP contribution in [-0.4, -0.2) is 26.9 Å². The fraction of sp³-hybridized carbons (Fsp3) is 0.318. The predicted molar refractivity (Wildman–Crippen MR) is 118 cm³/mol. The Morgan fingerprint density at radius 1 is 1.11 bits per heavy atom. The number of aromatic nitrogens is 4. The van der Waals surface area contributed by atoms with Gasteiger partial charge in [0.15, 0.2) is 5.69 Å². The van der Waals surface area contributed by atoms with E-state index >= 15 is 0 Å². The molecule has 3 aromatic rings. The summed E-state index contributed by atoms with van der Waals surface area (Å²) < 4.78 is 78.7. The van der Waals surface area contributed by atoms with Crippen LogP contribution in [0.3, 0.4) is 0 Å². The van der Waals surface area contributed by atoms with E-state index in [1.807, 2.05) is 13.8 Å². The molecule has 8 nitrogen and oxygen atoms in total. The highest BCUT2D eigenvalue weighted by Gasteiger charge is 2.39. The maximum absolute atomic E-state index is 13.7. The van der Waals surface area contributed by atoms with E-state index in [1.54, 1.807) is 6.07 Å². The molecule has 0 N–H and O–H groups in total. The van der Waals surface area contributed by atoms with Gasteiger partial charge in [-0.3, -0.25) is 9.36 Å². The van der Waals surface area contributed by atoms with Crippen LogP contribution in [0.25, 0.3) is 0 Å². The van der Waals surface area contributed by atoms with Crippen molar-refractivity contribution in [1.82, 2.24) is 19.7 Å². The zero-order chi connectivity index (χ0) is 27.3. The maximum atomic E-state index is 13.7. The van der Waals surface area contributed by atoms with Crippen LogP contribution in [0.4, 0.5) is 22.0 Å². The quantitative estimate of drug-likeness (QED) is 0.383. The van der Waals surface area contributed by atoms with E-state index in [0.717, 1.165) is 18.2 Å². The zero-order valence-electron chi connectivity index (χ0n) is 19.3. The Hall–Kier alpha value is -3.79. The number of methoxy groups -OCH3 is 1. The highest BCUT2D eigenvalue weighted by atomic mass is 35.5. The first-order chi connectivity index (χ1) is 16.8. The molecular weight excluding hydrogens is 513 g/mol. The first-order valence-corrected chi connectivity index (χ1v) is 10.6. The Morgan fingerprint density at radius 2 is 1.78 bits per heavy atom. The van der Waals surface area contributed by atoms with Crippen LogP contribution in [0.5, 0.6) is 17.4 Å². The summed E-state index contributed by atoms with van der Waals surface area (Å²) in [6, 6.07) is 6.08. The van der Waals surface area contributed by atoms with Crippen molar-refractivity contribution in [2.24, 2.45) is 0 Å². The molecule has 0 amide bonds. The molecule has 14 heteroatoms.